The Hall–Kier alpha value is -2.08. The second-order valence-corrected chi connectivity index (χ2v) is 6.60. The Bertz CT molecular complexity index is 558. The van der Waals surface area contributed by atoms with Crippen LogP contribution in [0.15, 0.2) is 29.3 Å². The van der Waals surface area contributed by atoms with Gasteiger partial charge in [0.25, 0.3) is 0 Å². The van der Waals surface area contributed by atoms with Gasteiger partial charge >= 0.3 is 0 Å². The van der Waals surface area contributed by atoms with Gasteiger partial charge in [-0.05, 0) is 43.4 Å². The van der Waals surface area contributed by atoms with E-state index in [9.17, 15) is 4.79 Å². The van der Waals surface area contributed by atoms with Crippen LogP contribution in [0.1, 0.15) is 45.6 Å². The van der Waals surface area contributed by atoms with Gasteiger partial charge in [0.1, 0.15) is 0 Å². The Kier molecular flexibility index (Phi) is 11.1. The lowest BCUT2D eigenvalue weighted by Crippen LogP contribution is -2.37. The molecule has 6 heteroatoms. The number of aliphatic imine (C=N–C) groups is 1. The first-order valence-electron chi connectivity index (χ1n) is 9.46. The van der Waals surface area contributed by atoms with Crippen LogP contribution < -0.4 is 16.0 Å². The molecule has 1 rings (SSSR count). The Balaban J connectivity index is 2.38. The zero-order chi connectivity index (χ0) is 19.2. The van der Waals surface area contributed by atoms with Gasteiger partial charge in [0.2, 0.25) is 5.91 Å². The van der Waals surface area contributed by atoms with Crippen LogP contribution in [0.4, 0.5) is 5.69 Å². The molecule has 0 unspecified atom stereocenters. The highest BCUT2D eigenvalue weighted by molar-refractivity contribution is 5.90. The molecule has 0 aliphatic rings. The van der Waals surface area contributed by atoms with E-state index >= 15 is 0 Å². The standard InChI is InChI=1S/C20H34N4O2/c1-5-26-12-7-6-11-22-20(21-4)23-15-17-9-8-10-18(14-17)24-19(25)13-16(2)3/h8-10,14,16H,5-7,11-13,15H2,1-4H3,(H,24,25)(H2,21,22,23). The number of hydrogen-bond donors (Lipinski definition) is 3. The van der Waals surface area contributed by atoms with Crippen molar-refractivity contribution in [2.24, 2.45) is 10.9 Å². The quantitative estimate of drug-likeness (QED) is 0.321. The summed E-state index contributed by atoms with van der Waals surface area (Å²) in [4.78, 5) is 16.1. The molecule has 0 saturated carbocycles. The number of carbonyl (C=O) groups is 1. The van der Waals surface area contributed by atoms with Crippen LogP contribution in [0.25, 0.3) is 0 Å². The van der Waals surface area contributed by atoms with Crippen molar-refractivity contribution >= 4 is 17.6 Å². The largest absolute Gasteiger partial charge is 0.382 e. The monoisotopic (exact) mass is 362 g/mol. The summed E-state index contributed by atoms with van der Waals surface area (Å²) in [5, 5.41) is 9.54. The molecule has 1 amide bonds. The Labute approximate surface area is 157 Å². The van der Waals surface area contributed by atoms with Crippen molar-refractivity contribution in [1.29, 1.82) is 0 Å². The third kappa shape index (κ3) is 10.0. The second-order valence-electron chi connectivity index (χ2n) is 6.60. The summed E-state index contributed by atoms with van der Waals surface area (Å²) in [6.07, 6.45) is 2.61. The van der Waals surface area contributed by atoms with Gasteiger partial charge in [-0.1, -0.05) is 26.0 Å². The van der Waals surface area contributed by atoms with Crippen molar-refractivity contribution in [3.8, 4) is 0 Å². The van der Waals surface area contributed by atoms with Gasteiger partial charge in [-0.25, -0.2) is 0 Å². The number of anilines is 1. The first kappa shape index (κ1) is 22.0. The van der Waals surface area contributed by atoms with E-state index in [4.69, 9.17) is 4.74 Å². The highest BCUT2D eigenvalue weighted by Gasteiger charge is 2.06. The highest BCUT2D eigenvalue weighted by atomic mass is 16.5. The van der Waals surface area contributed by atoms with Gasteiger partial charge in [-0.2, -0.15) is 0 Å². The third-order valence-corrected chi connectivity index (χ3v) is 3.70. The molecule has 0 radical (unpaired) electrons. The number of rotatable bonds is 11. The molecule has 26 heavy (non-hydrogen) atoms. The van der Waals surface area contributed by atoms with Crippen molar-refractivity contribution in [3.05, 3.63) is 29.8 Å². The van der Waals surface area contributed by atoms with Gasteiger partial charge < -0.3 is 20.7 Å². The number of nitrogens with one attached hydrogen (secondary N) is 3. The van der Waals surface area contributed by atoms with Crippen LogP contribution in [0, 0.1) is 5.92 Å². The number of unbranched alkanes of at least 4 members (excludes halogenated alkanes) is 1. The summed E-state index contributed by atoms with van der Waals surface area (Å²) in [5.41, 5.74) is 1.92. The molecule has 0 spiro atoms. The lowest BCUT2D eigenvalue weighted by Gasteiger charge is -2.13. The lowest BCUT2D eigenvalue weighted by molar-refractivity contribution is -0.116. The zero-order valence-electron chi connectivity index (χ0n) is 16.6. The first-order valence-corrected chi connectivity index (χ1v) is 9.46. The maximum absolute atomic E-state index is 11.9. The minimum Gasteiger partial charge on any atom is -0.382 e. The van der Waals surface area contributed by atoms with E-state index in [1.54, 1.807) is 7.05 Å². The number of benzene rings is 1. The molecule has 0 bridgehead atoms. The summed E-state index contributed by atoms with van der Waals surface area (Å²) in [6.45, 7) is 9.16. The first-order chi connectivity index (χ1) is 12.5. The van der Waals surface area contributed by atoms with Gasteiger partial charge in [-0.15, -0.1) is 0 Å². The topological polar surface area (TPSA) is 74.8 Å². The zero-order valence-corrected chi connectivity index (χ0v) is 16.6. The van der Waals surface area contributed by atoms with E-state index in [0.29, 0.717) is 18.9 Å². The fourth-order valence-corrected chi connectivity index (χ4v) is 2.43. The molecule has 0 aromatic heterocycles. The maximum atomic E-state index is 11.9. The van der Waals surface area contributed by atoms with Crippen LogP contribution in [0.5, 0.6) is 0 Å². The van der Waals surface area contributed by atoms with E-state index in [0.717, 1.165) is 49.8 Å². The van der Waals surface area contributed by atoms with Crippen LogP contribution in [0.2, 0.25) is 0 Å². The number of nitrogens with zero attached hydrogens (tertiary/aromatic N) is 1. The lowest BCUT2D eigenvalue weighted by atomic mass is 10.1. The highest BCUT2D eigenvalue weighted by Crippen LogP contribution is 2.12. The van der Waals surface area contributed by atoms with E-state index in [-0.39, 0.29) is 5.91 Å². The molecular formula is C20H34N4O2. The summed E-state index contributed by atoms with van der Waals surface area (Å²) in [5.74, 6) is 1.17. The average molecular weight is 363 g/mol. The summed E-state index contributed by atoms with van der Waals surface area (Å²) in [7, 11) is 1.76. The number of ether oxygens (including phenoxy) is 1. The molecule has 0 heterocycles. The van der Waals surface area contributed by atoms with Gasteiger partial charge in [0.05, 0.1) is 0 Å². The second kappa shape index (κ2) is 13.2. The molecular weight excluding hydrogens is 328 g/mol. The number of amides is 1. The Morgan fingerprint density at radius 1 is 1.23 bits per heavy atom. The van der Waals surface area contributed by atoms with Crippen molar-refractivity contribution < 1.29 is 9.53 Å². The van der Waals surface area contributed by atoms with E-state index in [1.807, 2.05) is 45.0 Å². The summed E-state index contributed by atoms with van der Waals surface area (Å²) in [6, 6.07) is 7.88. The fraction of sp³-hybridized carbons (Fsp3) is 0.600. The third-order valence-electron chi connectivity index (χ3n) is 3.70. The predicted molar refractivity (Wildman–Crippen MR) is 108 cm³/mol. The molecule has 1 aromatic rings. The van der Waals surface area contributed by atoms with Crippen molar-refractivity contribution in [3.63, 3.8) is 0 Å². The predicted octanol–water partition coefficient (Wildman–Crippen LogP) is 3.15. The van der Waals surface area contributed by atoms with E-state index < -0.39 is 0 Å². The van der Waals surface area contributed by atoms with Crippen molar-refractivity contribution in [2.45, 2.75) is 46.6 Å². The normalized spacial score (nSPS) is 11.5. The number of carbonyl (C=O) groups excluding carboxylic acids is 1. The summed E-state index contributed by atoms with van der Waals surface area (Å²) >= 11 is 0. The fourth-order valence-electron chi connectivity index (χ4n) is 2.43. The van der Waals surface area contributed by atoms with Crippen molar-refractivity contribution in [1.82, 2.24) is 10.6 Å². The summed E-state index contributed by atoms with van der Waals surface area (Å²) < 4.78 is 5.33. The van der Waals surface area contributed by atoms with Crippen LogP contribution in [-0.4, -0.2) is 38.7 Å². The molecule has 6 nitrogen and oxygen atoms in total. The maximum Gasteiger partial charge on any atom is 0.224 e. The van der Waals surface area contributed by atoms with Crippen LogP contribution in [-0.2, 0) is 16.1 Å². The molecule has 0 fully saturated rings. The van der Waals surface area contributed by atoms with E-state index in [2.05, 4.69) is 20.9 Å². The van der Waals surface area contributed by atoms with Crippen molar-refractivity contribution in [2.75, 3.05) is 32.1 Å². The van der Waals surface area contributed by atoms with Crippen LogP contribution >= 0.6 is 0 Å². The molecule has 0 aliphatic heterocycles. The molecule has 0 saturated heterocycles. The molecule has 0 aliphatic carbocycles. The molecule has 3 N–H and O–H groups in total. The van der Waals surface area contributed by atoms with E-state index in [1.165, 1.54) is 0 Å². The van der Waals surface area contributed by atoms with Gasteiger partial charge in [-0.3, -0.25) is 9.79 Å². The number of guanidine groups is 1. The minimum atomic E-state index is 0.0506. The minimum absolute atomic E-state index is 0.0506. The molecule has 1 aromatic carbocycles. The Morgan fingerprint density at radius 3 is 2.73 bits per heavy atom. The Morgan fingerprint density at radius 2 is 2.04 bits per heavy atom. The van der Waals surface area contributed by atoms with Gasteiger partial charge in [0, 0.05) is 45.5 Å². The van der Waals surface area contributed by atoms with Gasteiger partial charge in [0.15, 0.2) is 5.96 Å². The molecule has 0 atom stereocenters. The molecule has 146 valence electrons. The number of hydrogen-bond acceptors (Lipinski definition) is 3. The smallest absolute Gasteiger partial charge is 0.224 e. The average Bonchev–Trinajstić information content (AvgIpc) is 2.60. The van der Waals surface area contributed by atoms with Crippen LogP contribution in [0.3, 0.4) is 0 Å². The SMILES string of the molecule is CCOCCCCNC(=NC)NCc1cccc(NC(=O)CC(C)C)c1.